The number of hydrogen-bond donors (Lipinski definition) is 2. The first-order chi connectivity index (χ1) is 13.8. The van der Waals surface area contributed by atoms with E-state index in [-0.39, 0.29) is 29.2 Å². The summed E-state index contributed by atoms with van der Waals surface area (Å²) in [6.07, 6.45) is 5.66. The van der Waals surface area contributed by atoms with Crippen molar-refractivity contribution in [2.24, 2.45) is 16.7 Å². The van der Waals surface area contributed by atoms with Crippen LogP contribution < -0.4 is 0 Å². The van der Waals surface area contributed by atoms with Gasteiger partial charge in [0.1, 0.15) is 23.1 Å². The number of esters is 1. The second-order valence-electron chi connectivity index (χ2n) is 10.5. The molecular formula is C24H32O6. The van der Waals surface area contributed by atoms with Gasteiger partial charge in [-0.05, 0) is 51.5 Å². The molecule has 4 rings (SSSR count). The van der Waals surface area contributed by atoms with Crippen molar-refractivity contribution in [3.8, 4) is 0 Å². The molecule has 2 N–H and O–H groups in total. The Morgan fingerprint density at radius 2 is 1.87 bits per heavy atom. The number of hydrogen-bond acceptors (Lipinski definition) is 6. The van der Waals surface area contributed by atoms with Crippen LogP contribution in [0.1, 0.15) is 67.2 Å². The first-order valence-electron chi connectivity index (χ1n) is 10.7. The van der Waals surface area contributed by atoms with Gasteiger partial charge in [0, 0.05) is 35.0 Å². The molecule has 1 aliphatic heterocycles. The fourth-order valence-corrected chi connectivity index (χ4v) is 6.72. The molecule has 5 atom stereocenters. The molecule has 0 unspecified atom stereocenters. The molecule has 0 saturated heterocycles. The third-order valence-electron chi connectivity index (χ3n) is 8.53. The van der Waals surface area contributed by atoms with Crippen molar-refractivity contribution in [2.75, 3.05) is 0 Å². The fraction of sp³-hybridized carbons (Fsp3) is 0.667. The van der Waals surface area contributed by atoms with E-state index in [0.29, 0.717) is 36.2 Å². The molecule has 0 radical (unpaired) electrons. The molecular weight excluding hydrogens is 384 g/mol. The lowest BCUT2D eigenvalue weighted by atomic mass is 9.42. The first kappa shape index (κ1) is 21.2. The van der Waals surface area contributed by atoms with E-state index < -0.39 is 22.4 Å². The Labute approximate surface area is 177 Å². The number of ether oxygens (including phenoxy) is 2. The molecule has 164 valence electrons. The van der Waals surface area contributed by atoms with E-state index >= 15 is 0 Å². The summed E-state index contributed by atoms with van der Waals surface area (Å²) >= 11 is 0. The van der Waals surface area contributed by atoms with Gasteiger partial charge in [0.2, 0.25) is 5.78 Å². The van der Waals surface area contributed by atoms with E-state index in [2.05, 4.69) is 20.8 Å². The lowest BCUT2D eigenvalue weighted by Gasteiger charge is -2.67. The van der Waals surface area contributed by atoms with Crippen molar-refractivity contribution in [1.82, 2.24) is 0 Å². The van der Waals surface area contributed by atoms with Crippen LogP contribution in [0, 0.1) is 16.7 Å². The van der Waals surface area contributed by atoms with Gasteiger partial charge in [-0.25, -0.2) is 0 Å². The number of rotatable bonds is 1. The van der Waals surface area contributed by atoms with Gasteiger partial charge in [0.25, 0.3) is 0 Å². The zero-order valence-corrected chi connectivity index (χ0v) is 18.7. The number of fused-ring (bicyclic) bond motifs is 4. The van der Waals surface area contributed by atoms with Gasteiger partial charge in [-0.3, -0.25) is 9.59 Å². The zero-order valence-electron chi connectivity index (χ0n) is 18.7. The van der Waals surface area contributed by atoms with Crippen molar-refractivity contribution in [2.45, 2.75) is 84.5 Å². The van der Waals surface area contributed by atoms with E-state index in [1.807, 2.05) is 13.0 Å². The molecule has 30 heavy (non-hydrogen) atoms. The number of aliphatic hydroxyl groups excluding tert-OH is 1. The van der Waals surface area contributed by atoms with E-state index in [1.165, 1.54) is 13.0 Å². The lowest BCUT2D eigenvalue weighted by molar-refractivity contribution is -0.270. The number of aliphatic hydroxyl groups is 2. The van der Waals surface area contributed by atoms with Crippen LogP contribution >= 0.6 is 0 Å². The largest absolute Gasteiger partial charge is 0.504 e. The summed E-state index contributed by atoms with van der Waals surface area (Å²) < 4.78 is 12.0. The SMILES string of the molecule is CC(=O)O[C@H]1CC[C@@]2(C)[C@@H](CC[C@]3(C)OC4=CC(=O)C(O)=C(C)C4=C[C@]23O)C1(C)C. The van der Waals surface area contributed by atoms with Crippen molar-refractivity contribution in [1.29, 1.82) is 0 Å². The van der Waals surface area contributed by atoms with E-state index in [4.69, 9.17) is 9.47 Å². The quantitative estimate of drug-likeness (QED) is 0.630. The summed E-state index contributed by atoms with van der Waals surface area (Å²) in [6.45, 7) is 11.4. The third-order valence-corrected chi connectivity index (χ3v) is 8.53. The van der Waals surface area contributed by atoms with E-state index in [9.17, 15) is 19.8 Å². The third kappa shape index (κ3) is 2.52. The molecule has 0 bridgehead atoms. The maximum absolute atomic E-state index is 12.3. The molecule has 4 aliphatic rings. The maximum atomic E-state index is 12.3. The minimum absolute atomic E-state index is 0.0928. The monoisotopic (exact) mass is 416 g/mol. The maximum Gasteiger partial charge on any atom is 0.302 e. The molecule has 3 aliphatic carbocycles. The summed E-state index contributed by atoms with van der Waals surface area (Å²) in [7, 11) is 0. The highest BCUT2D eigenvalue weighted by Gasteiger charge is 2.70. The molecule has 0 aromatic heterocycles. The second kappa shape index (κ2) is 6.22. The van der Waals surface area contributed by atoms with Crippen LogP contribution in [0.4, 0.5) is 0 Å². The smallest absolute Gasteiger partial charge is 0.302 e. The van der Waals surface area contributed by atoms with Gasteiger partial charge in [0.05, 0.1) is 0 Å². The molecule has 0 aromatic carbocycles. The molecule has 0 aromatic rings. The second-order valence-corrected chi connectivity index (χ2v) is 10.5. The van der Waals surface area contributed by atoms with Crippen LogP contribution in [-0.4, -0.2) is 39.3 Å². The molecule has 0 spiro atoms. The number of carbonyl (C=O) groups is 2. The highest BCUT2D eigenvalue weighted by Crippen LogP contribution is 2.67. The van der Waals surface area contributed by atoms with Crippen LogP contribution in [0.5, 0.6) is 0 Å². The predicted molar refractivity (Wildman–Crippen MR) is 110 cm³/mol. The Hall–Kier alpha value is -2.08. The van der Waals surface area contributed by atoms with Crippen LogP contribution in [-0.2, 0) is 19.1 Å². The number of ketones is 1. The van der Waals surface area contributed by atoms with Crippen molar-refractivity contribution in [3.63, 3.8) is 0 Å². The van der Waals surface area contributed by atoms with E-state index in [1.54, 1.807) is 6.92 Å². The molecule has 2 saturated carbocycles. The van der Waals surface area contributed by atoms with Crippen molar-refractivity contribution >= 4 is 11.8 Å². The predicted octanol–water partition coefficient (Wildman–Crippen LogP) is 3.90. The topological polar surface area (TPSA) is 93.1 Å². The molecule has 0 amide bonds. The average molecular weight is 417 g/mol. The Kier molecular flexibility index (Phi) is 4.39. The summed E-state index contributed by atoms with van der Waals surface area (Å²) in [5.41, 5.74) is -2.06. The van der Waals surface area contributed by atoms with Gasteiger partial charge < -0.3 is 19.7 Å². The van der Waals surface area contributed by atoms with Crippen molar-refractivity contribution in [3.05, 3.63) is 34.8 Å². The summed E-state index contributed by atoms with van der Waals surface area (Å²) in [5, 5.41) is 22.5. The van der Waals surface area contributed by atoms with Gasteiger partial charge >= 0.3 is 5.97 Å². The van der Waals surface area contributed by atoms with Crippen LogP contribution in [0.2, 0.25) is 0 Å². The number of allylic oxidation sites excluding steroid dienone is 2. The minimum Gasteiger partial charge on any atom is -0.504 e. The van der Waals surface area contributed by atoms with E-state index in [0.717, 1.165) is 6.42 Å². The van der Waals surface area contributed by atoms with Crippen LogP contribution in [0.3, 0.4) is 0 Å². The Morgan fingerprint density at radius 3 is 2.50 bits per heavy atom. The standard InChI is InChI=1S/C24H32O6/c1-13-15-12-24(28)22(5)9-8-19(29-14(2)25)21(3,4)18(22)7-10-23(24,6)30-17(15)11-16(26)20(13)27/h11-12,18-19,27-28H,7-10H2,1-6H3/t18-,19-,22-,23-,24-/m0/s1. The fourth-order valence-electron chi connectivity index (χ4n) is 6.72. The average Bonchev–Trinajstić information content (AvgIpc) is 2.63. The van der Waals surface area contributed by atoms with Crippen molar-refractivity contribution < 1.29 is 29.3 Å². The molecule has 6 nitrogen and oxygen atoms in total. The normalized spacial score (nSPS) is 42.2. The zero-order chi connectivity index (χ0) is 22.3. The summed E-state index contributed by atoms with van der Waals surface area (Å²) in [6, 6.07) is 0. The lowest BCUT2D eigenvalue weighted by Crippen LogP contribution is -2.72. The molecule has 2 fully saturated rings. The summed E-state index contributed by atoms with van der Waals surface area (Å²) in [5.74, 6) is -0.557. The molecule has 1 heterocycles. The van der Waals surface area contributed by atoms with Gasteiger partial charge in [0.15, 0.2) is 5.76 Å². The highest BCUT2D eigenvalue weighted by atomic mass is 16.5. The van der Waals surface area contributed by atoms with Crippen LogP contribution in [0.25, 0.3) is 0 Å². The number of carbonyl (C=O) groups excluding carboxylic acids is 2. The highest BCUT2D eigenvalue weighted by molar-refractivity contribution is 6.05. The van der Waals surface area contributed by atoms with Gasteiger partial charge in [-0.15, -0.1) is 0 Å². The summed E-state index contributed by atoms with van der Waals surface area (Å²) in [4.78, 5) is 23.8. The van der Waals surface area contributed by atoms with Gasteiger partial charge in [-0.1, -0.05) is 20.8 Å². The van der Waals surface area contributed by atoms with Gasteiger partial charge in [-0.2, -0.15) is 0 Å². The minimum atomic E-state index is -1.31. The molecule has 6 heteroatoms. The first-order valence-corrected chi connectivity index (χ1v) is 10.7. The Morgan fingerprint density at radius 1 is 1.20 bits per heavy atom. The Bertz CT molecular complexity index is 924. The van der Waals surface area contributed by atoms with Crippen LogP contribution in [0.15, 0.2) is 34.8 Å². The Balaban J connectivity index is 1.84.